The molecular weight excluding hydrogens is 268 g/mol. The molecule has 2 N–H and O–H groups in total. The van der Waals surface area contributed by atoms with Gasteiger partial charge in [-0.05, 0) is 76.0 Å². The van der Waals surface area contributed by atoms with Crippen molar-refractivity contribution in [1.82, 2.24) is 4.90 Å². The number of nitrogens with two attached hydrogens (primary N) is 1. The Labute approximate surface area is 137 Å². The Bertz CT molecular complexity index is 337. The van der Waals surface area contributed by atoms with Crippen molar-refractivity contribution >= 4 is 0 Å². The second-order valence-corrected chi connectivity index (χ2v) is 8.82. The van der Waals surface area contributed by atoms with E-state index in [1.807, 2.05) is 0 Å². The molecule has 4 rings (SSSR count). The van der Waals surface area contributed by atoms with E-state index in [0.29, 0.717) is 6.04 Å². The zero-order valence-electron chi connectivity index (χ0n) is 14.4. The van der Waals surface area contributed by atoms with Crippen molar-refractivity contribution in [2.45, 2.75) is 114 Å². The van der Waals surface area contributed by atoms with Gasteiger partial charge in [0.05, 0.1) is 0 Å². The summed E-state index contributed by atoms with van der Waals surface area (Å²) in [4.78, 5) is 3.13. The lowest BCUT2D eigenvalue weighted by atomic mass is 9.79. The molecule has 4 aliphatic rings. The van der Waals surface area contributed by atoms with Crippen LogP contribution in [-0.2, 0) is 0 Å². The Balaban J connectivity index is 1.59. The lowest BCUT2D eigenvalue weighted by Gasteiger charge is -2.50. The molecule has 0 amide bonds. The first-order chi connectivity index (χ1) is 10.8. The molecule has 0 spiro atoms. The average Bonchev–Trinajstić information content (AvgIpc) is 2.73. The van der Waals surface area contributed by atoms with E-state index < -0.39 is 0 Å². The van der Waals surface area contributed by atoms with Crippen LogP contribution in [0.1, 0.15) is 89.9 Å². The van der Waals surface area contributed by atoms with E-state index in [0.717, 1.165) is 30.0 Å². The normalized spacial score (nSPS) is 47.3. The Hall–Kier alpha value is -0.0800. The predicted molar refractivity (Wildman–Crippen MR) is 92.8 cm³/mol. The third-order valence-electron chi connectivity index (χ3n) is 7.58. The summed E-state index contributed by atoms with van der Waals surface area (Å²) in [7, 11) is 0. The molecule has 22 heavy (non-hydrogen) atoms. The molecule has 4 unspecified atom stereocenters. The van der Waals surface area contributed by atoms with Crippen molar-refractivity contribution in [3.63, 3.8) is 0 Å². The maximum atomic E-state index is 6.20. The van der Waals surface area contributed by atoms with Crippen LogP contribution in [0.4, 0.5) is 0 Å². The molecule has 4 fully saturated rings. The third kappa shape index (κ3) is 2.98. The van der Waals surface area contributed by atoms with Gasteiger partial charge >= 0.3 is 0 Å². The summed E-state index contributed by atoms with van der Waals surface area (Å²) in [5.41, 5.74) is 6.20. The van der Waals surface area contributed by atoms with Gasteiger partial charge in [0.15, 0.2) is 0 Å². The number of hydrogen-bond donors (Lipinski definition) is 1. The maximum Gasteiger partial charge on any atom is 0.0129 e. The topological polar surface area (TPSA) is 29.3 Å². The van der Waals surface area contributed by atoms with Crippen LogP contribution in [0.5, 0.6) is 0 Å². The lowest BCUT2D eigenvalue weighted by Crippen LogP contribution is -2.55. The first-order valence-corrected chi connectivity index (χ1v) is 10.4. The molecule has 0 bridgehead atoms. The van der Waals surface area contributed by atoms with Crippen molar-refractivity contribution in [1.29, 1.82) is 0 Å². The van der Waals surface area contributed by atoms with E-state index in [1.54, 1.807) is 0 Å². The molecule has 2 heteroatoms. The minimum Gasteiger partial charge on any atom is -0.328 e. The molecule has 3 saturated carbocycles. The highest BCUT2D eigenvalue weighted by atomic mass is 15.2. The first-order valence-electron chi connectivity index (χ1n) is 10.4. The van der Waals surface area contributed by atoms with Crippen molar-refractivity contribution < 1.29 is 0 Å². The van der Waals surface area contributed by atoms with E-state index in [4.69, 9.17) is 5.73 Å². The van der Waals surface area contributed by atoms with E-state index >= 15 is 0 Å². The number of likely N-dealkylation sites (tertiary alicyclic amines) is 1. The van der Waals surface area contributed by atoms with Gasteiger partial charge in [-0.25, -0.2) is 0 Å². The highest BCUT2D eigenvalue weighted by Gasteiger charge is 2.44. The van der Waals surface area contributed by atoms with Gasteiger partial charge < -0.3 is 5.73 Å². The summed E-state index contributed by atoms with van der Waals surface area (Å²) in [6.45, 7) is 0. The number of nitrogens with zero attached hydrogens (tertiary/aromatic N) is 1. The number of hydrogen-bond acceptors (Lipinski definition) is 2. The van der Waals surface area contributed by atoms with Crippen molar-refractivity contribution in [2.24, 2.45) is 17.6 Å². The van der Waals surface area contributed by atoms with Gasteiger partial charge in [-0.1, -0.05) is 25.7 Å². The summed E-state index contributed by atoms with van der Waals surface area (Å²) < 4.78 is 0. The predicted octanol–water partition coefficient (Wildman–Crippen LogP) is 4.47. The van der Waals surface area contributed by atoms with Crippen molar-refractivity contribution in [3.05, 3.63) is 0 Å². The van der Waals surface area contributed by atoms with Crippen molar-refractivity contribution in [2.75, 3.05) is 0 Å². The zero-order chi connectivity index (χ0) is 14.9. The first kappa shape index (κ1) is 15.4. The van der Waals surface area contributed by atoms with Gasteiger partial charge in [-0.2, -0.15) is 0 Å². The van der Waals surface area contributed by atoms with E-state index in [9.17, 15) is 0 Å². The summed E-state index contributed by atoms with van der Waals surface area (Å²) in [6, 6.07) is 3.23. The molecule has 1 aliphatic heterocycles. The molecule has 0 aromatic carbocycles. The van der Waals surface area contributed by atoms with Crippen LogP contribution in [0.15, 0.2) is 0 Å². The third-order valence-corrected chi connectivity index (χ3v) is 7.58. The van der Waals surface area contributed by atoms with Gasteiger partial charge in [-0.3, -0.25) is 4.90 Å². The van der Waals surface area contributed by atoms with Crippen molar-refractivity contribution in [3.8, 4) is 0 Å². The largest absolute Gasteiger partial charge is 0.328 e. The van der Waals surface area contributed by atoms with E-state index in [2.05, 4.69) is 4.90 Å². The van der Waals surface area contributed by atoms with Gasteiger partial charge in [0.2, 0.25) is 0 Å². The van der Waals surface area contributed by atoms with Gasteiger partial charge in [-0.15, -0.1) is 0 Å². The second-order valence-electron chi connectivity index (χ2n) is 8.82. The van der Waals surface area contributed by atoms with Crippen LogP contribution in [-0.4, -0.2) is 29.1 Å². The van der Waals surface area contributed by atoms with Crippen LogP contribution < -0.4 is 5.73 Å². The smallest absolute Gasteiger partial charge is 0.0129 e. The van der Waals surface area contributed by atoms with Crippen LogP contribution in [0.2, 0.25) is 0 Å². The van der Waals surface area contributed by atoms with Gasteiger partial charge in [0.25, 0.3) is 0 Å². The number of fused-ring (bicyclic) bond motifs is 2. The Morgan fingerprint density at radius 2 is 1.05 bits per heavy atom. The lowest BCUT2D eigenvalue weighted by molar-refractivity contribution is -0.00877. The number of rotatable bonds is 1. The van der Waals surface area contributed by atoms with E-state index in [1.165, 1.54) is 89.9 Å². The molecule has 0 aromatic rings. The summed E-state index contributed by atoms with van der Waals surface area (Å²) in [5, 5.41) is 0. The molecule has 0 aromatic heterocycles. The fourth-order valence-electron chi connectivity index (χ4n) is 6.45. The van der Waals surface area contributed by atoms with Crippen LogP contribution in [0, 0.1) is 11.8 Å². The summed E-state index contributed by atoms with van der Waals surface area (Å²) >= 11 is 0. The van der Waals surface area contributed by atoms with E-state index in [-0.39, 0.29) is 0 Å². The van der Waals surface area contributed by atoms with Gasteiger partial charge in [0, 0.05) is 24.2 Å². The van der Waals surface area contributed by atoms with Crippen LogP contribution >= 0.6 is 0 Å². The zero-order valence-corrected chi connectivity index (χ0v) is 14.4. The minimum atomic E-state index is 0.493. The standard InChI is InChI=1S/C20H36N2/c21-17-11-13-18(14-12-17)22-19-7-3-1-5-15(19)9-10-16-6-2-4-8-20(16)22/h15-20H,1-14,21H2. The monoisotopic (exact) mass is 304 g/mol. The second kappa shape index (κ2) is 6.81. The molecule has 0 radical (unpaired) electrons. The van der Waals surface area contributed by atoms with Gasteiger partial charge in [0.1, 0.15) is 0 Å². The quantitative estimate of drug-likeness (QED) is 0.774. The molecular formula is C20H36N2. The highest BCUT2D eigenvalue weighted by Crippen LogP contribution is 2.45. The molecule has 1 saturated heterocycles. The fourth-order valence-corrected chi connectivity index (χ4v) is 6.45. The highest BCUT2D eigenvalue weighted by molar-refractivity contribution is 4.98. The minimum absolute atomic E-state index is 0.493. The SMILES string of the molecule is NC1CCC(N2C3CCCCC3CCC3CCCCC32)CC1. The van der Waals surface area contributed by atoms with Crippen LogP contribution in [0.3, 0.4) is 0 Å². The van der Waals surface area contributed by atoms with Crippen LogP contribution in [0.25, 0.3) is 0 Å². The molecule has 4 atom stereocenters. The molecule has 3 aliphatic carbocycles. The average molecular weight is 305 g/mol. The molecule has 126 valence electrons. The summed E-state index contributed by atoms with van der Waals surface area (Å²) in [5.74, 6) is 2.05. The fraction of sp³-hybridized carbons (Fsp3) is 1.00. The Kier molecular flexibility index (Phi) is 4.78. The Morgan fingerprint density at radius 1 is 0.545 bits per heavy atom. The molecule has 2 nitrogen and oxygen atoms in total. The Morgan fingerprint density at radius 3 is 1.59 bits per heavy atom. The molecule has 1 heterocycles. The summed E-state index contributed by atoms with van der Waals surface area (Å²) in [6.07, 6.45) is 20.4. The maximum absolute atomic E-state index is 6.20.